The topological polar surface area (TPSA) is 55.1 Å². The van der Waals surface area contributed by atoms with Gasteiger partial charge in [-0.1, -0.05) is 37.3 Å². The summed E-state index contributed by atoms with van der Waals surface area (Å²) in [5.74, 6) is 1.65. The molecule has 4 rings (SSSR count). The van der Waals surface area contributed by atoms with E-state index in [0.717, 1.165) is 53.1 Å². The number of rotatable bonds is 6. The van der Waals surface area contributed by atoms with Gasteiger partial charge in [-0.05, 0) is 49.8 Å². The lowest BCUT2D eigenvalue weighted by Crippen LogP contribution is -2.11. The third-order valence-electron chi connectivity index (χ3n) is 5.68. The van der Waals surface area contributed by atoms with Crippen LogP contribution in [0.2, 0.25) is 0 Å². The molecule has 4 heteroatoms. The van der Waals surface area contributed by atoms with Gasteiger partial charge < -0.3 is 9.47 Å². The summed E-state index contributed by atoms with van der Waals surface area (Å²) in [4.78, 5) is 4.81. The SMILES string of the molecule is CCc1cc(OCc2cc(C#N)c(-c3ccccc3)cc2OC)c2c(n1)CCCC2. The zero-order chi connectivity index (χ0) is 20.9. The minimum Gasteiger partial charge on any atom is -0.496 e. The molecule has 2 aromatic carbocycles. The van der Waals surface area contributed by atoms with Crippen LogP contribution < -0.4 is 9.47 Å². The van der Waals surface area contributed by atoms with Gasteiger partial charge in [-0.2, -0.15) is 5.26 Å². The highest BCUT2D eigenvalue weighted by Gasteiger charge is 2.18. The highest BCUT2D eigenvalue weighted by atomic mass is 16.5. The van der Waals surface area contributed by atoms with Crippen LogP contribution in [0, 0.1) is 11.3 Å². The second-order valence-corrected chi connectivity index (χ2v) is 7.57. The third kappa shape index (κ3) is 4.02. The Kier molecular flexibility index (Phi) is 5.99. The number of pyridine rings is 1. The van der Waals surface area contributed by atoms with Crippen molar-refractivity contribution in [3.8, 4) is 28.7 Å². The lowest BCUT2D eigenvalue weighted by molar-refractivity contribution is 0.291. The number of ether oxygens (including phenoxy) is 2. The number of methoxy groups -OCH3 is 1. The Morgan fingerprint density at radius 1 is 1.03 bits per heavy atom. The highest BCUT2D eigenvalue weighted by Crippen LogP contribution is 2.34. The van der Waals surface area contributed by atoms with Gasteiger partial charge in [0.2, 0.25) is 0 Å². The molecule has 1 aromatic heterocycles. The molecule has 0 radical (unpaired) electrons. The summed E-state index contributed by atoms with van der Waals surface area (Å²) < 4.78 is 11.9. The van der Waals surface area contributed by atoms with Crippen molar-refractivity contribution in [3.63, 3.8) is 0 Å². The summed E-state index contributed by atoms with van der Waals surface area (Å²) in [6.07, 6.45) is 5.27. The second kappa shape index (κ2) is 9.00. The Morgan fingerprint density at radius 3 is 2.57 bits per heavy atom. The van der Waals surface area contributed by atoms with Crippen molar-refractivity contribution in [2.75, 3.05) is 7.11 Å². The number of aromatic nitrogens is 1. The zero-order valence-corrected chi connectivity index (χ0v) is 17.6. The van der Waals surface area contributed by atoms with Crippen LogP contribution in [0.4, 0.5) is 0 Å². The van der Waals surface area contributed by atoms with Gasteiger partial charge in [0.25, 0.3) is 0 Å². The Balaban J connectivity index is 1.67. The van der Waals surface area contributed by atoms with Crippen molar-refractivity contribution in [3.05, 3.63) is 76.6 Å². The first kappa shape index (κ1) is 20.0. The van der Waals surface area contributed by atoms with E-state index in [1.807, 2.05) is 42.5 Å². The van der Waals surface area contributed by atoms with E-state index in [9.17, 15) is 5.26 Å². The molecule has 0 bridgehead atoms. The number of hydrogen-bond donors (Lipinski definition) is 0. The van der Waals surface area contributed by atoms with E-state index in [-0.39, 0.29) is 0 Å². The van der Waals surface area contributed by atoms with Crippen LogP contribution in [0.15, 0.2) is 48.5 Å². The molecule has 0 fully saturated rings. The molecule has 0 saturated carbocycles. The van der Waals surface area contributed by atoms with Gasteiger partial charge in [-0.3, -0.25) is 4.98 Å². The molecule has 1 aliphatic rings. The summed E-state index contributed by atoms with van der Waals surface area (Å²) in [7, 11) is 1.66. The van der Waals surface area contributed by atoms with E-state index in [0.29, 0.717) is 12.2 Å². The van der Waals surface area contributed by atoms with Crippen LogP contribution in [0.3, 0.4) is 0 Å². The summed E-state index contributed by atoms with van der Waals surface area (Å²) in [5.41, 5.74) is 6.83. The van der Waals surface area contributed by atoms with Crippen molar-refractivity contribution in [1.82, 2.24) is 4.98 Å². The van der Waals surface area contributed by atoms with E-state index >= 15 is 0 Å². The minimum absolute atomic E-state index is 0.354. The average molecular weight is 399 g/mol. The van der Waals surface area contributed by atoms with Crippen molar-refractivity contribution in [2.24, 2.45) is 0 Å². The monoisotopic (exact) mass is 398 g/mol. The number of nitriles is 1. The average Bonchev–Trinajstić information content (AvgIpc) is 2.82. The van der Waals surface area contributed by atoms with Gasteiger partial charge in [0.15, 0.2) is 0 Å². The van der Waals surface area contributed by atoms with Gasteiger partial charge in [0.05, 0.1) is 18.7 Å². The molecule has 152 valence electrons. The predicted molar refractivity (Wildman–Crippen MR) is 118 cm³/mol. The fourth-order valence-electron chi connectivity index (χ4n) is 4.06. The summed E-state index contributed by atoms with van der Waals surface area (Å²) >= 11 is 0. The Hall–Kier alpha value is -3.32. The van der Waals surface area contributed by atoms with Crippen LogP contribution in [0.1, 0.15) is 47.8 Å². The maximum atomic E-state index is 9.74. The molecular weight excluding hydrogens is 372 g/mol. The van der Waals surface area contributed by atoms with Crippen molar-refractivity contribution in [1.29, 1.82) is 5.26 Å². The fraction of sp³-hybridized carbons (Fsp3) is 0.308. The second-order valence-electron chi connectivity index (χ2n) is 7.57. The highest BCUT2D eigenvalue weighted by molar-refractivity contribution is 5.73. The van der Waals surface area contributed by atoms with Gasteiger partial charge in [-0.15, -0.1) is 0 Å². The number of fused-ring (bicyclic) bond motifs is 1. The smallest absolute Gasteiger partial charge is 0.126 e. The molecule has 3 aromatic rings. The van der Waals surface area contributed by atoms with Crippen molar-refractivity contribution < 1.29 is 9.47 Å². The minimum atomic E-state index is 0.354. The fourth-order valence-corrected chi connectivity index (χ4v) is 4.06. The Labute approximate surface area is 178 Å². The van der Waals surface area contributed by atoms with Gasteiger partial charge in [0, 0.05) is 34.1 Å². The normalized spacial score (nSPS) is 12.7. The van der Waals surface area contributed by atoms with Crippen molar-refractivity contribution in [2.45, 2.75) is 45.6 Å². The maximum absolute atomic E-state index is 9.74. The standard InChI is InChI=1S/C26H26N2O2/c1-3-21-14-26(22-11-7-8-12-24(22)28-21)30-17-20-13-19(16-27)23(15-25(20)29-2)18-9-5-4-6-10-18/h4-6,9-10,13-15H,3,7-8,11-12,17H2,1-2H3. The molecule has 0 saturated heterocycles. The molecular formula is C26H26N2O2. The van der Waals surface area contributed by atoms with Crippen LogP contribution >= 0.6 is 0 Å². The van der Waals surface area contributed by atoms with Crippen LogP contribution in [0.25, 0.3) is 11.1 Å². The molecule has 0 amide bonds. The number of benzene rings is 2. The van der Waals surface area contributed by atoms with Crippen LogP contribution in [-0.4, -0.2) is 12.1 Å². The summed E-state index contributed by atoms with van der Waals surface area (Å²) in [6.45, 7) is 2.47. The van der Waals surface area contributed by atoms with Gasteiger partial charge in [-0.25, -0.2) is 0 Å². The Bertz CT molecular complexity index is 1080. The molecule has 0 spiro atoms. The molecule has 0 atom stereocenters. The van der Waals surface area contributed by atoms with E-state index in [1.54, 1.807) is 7.11 Å². The molecule has 0 N–H and O–H groups in total. The van der Waals surface area contributed by atoms with Crippen molar-refractivity contribution >= 4 is 0 Å². The third-order valence-corrected chi connectivity index (χ3v) is 5.68. The van der Waals surface area contributed by atoms with E-state index < -0.39 is 0 Å². The maximum Gasteiger partial charge on any atom is 0.126 e. The van der Waals surface area contributed by atoms with E-state index in [2.05, 4.69) is 19.1 Å². The predicted octanol–water partition coefficient (Wildman–Crippen LogP) is 5.65. The van der Waals surface area contributed by atoms with E-state index in [1.165, 1.54) is 24.1 Å². The Morgan fingerprint density at radius 2 is 1.83 bits per heavy atom. The first-order chi connectivity index (χ1) is 14.7. The summed E-state index contributed by atoms with van der Waals surface area (Å²) in [5, 5.41) is 9.74. The molecule has 1 aliphatic carbocycles. The van der Waals surface area contributed by atoms with E-state index in [4.69, 9.17) is 14.5 Å². The number of aryl methyl sites for hydroxylation is 2. The molecule has 4 nitrogen and oxygen atoms in total. The van der Waals surface area contributed by atoms with Crippen LogP contribution in [0.5, 0.6) is 11.5 Å². The molecule has 1 heterocycles. The number of hydrogen-bond acceptors (Lipinski definition) is 4. The van der Waals surface area contributed by atoms with Gasteiger partial charge >= 0.3 is 0 Å². The quantitative estimate of drug-likeness (QED) is 0.538. The summed E-state index contributed by atoms with van der Waals surface area (Å²) in [6, 6.07) is 18.1. The number of nitrogens with zero attached hydrogens (tertiary/aromatic N) is 2. The lowest BCUT2D eigenvalue weighted by atomic mass is 9.94. The molecule has 0 aliphatic heterocycles. The van der Waals surface area contributed by atoms with Crippen LogP contribution in [-0.2, 0) is 25.9 Å². The first-order valence-electron chi connectivity index (χ1n) is 10.5. The lowest BCUT2D eigenvalue weighted by Gasteiger charge is -2.21. The molecule has 0 unspecified atom stereocenters. The largest absolute Gasteiger partial charge is 0.496 e. The zero-order valence-electron chi connectivity index (χ0n) is 17.6. The molecule has 30 heavy (non-hydrogen) atoms. The van der Waals surface area contributed by atoms with Gasteiger partial charge in [0.1, 0.15) is 18.1 Å². The first-order valence-corrected chi connectivity index (χ1v) is 10.5.